The van der Waals surface area contributed by atoms with E-state index in [2.05, 4.69) is 20.2 Å². The molecule has 1 aliphatic heterocycles. The monoisotopic (exact) mass is 474 g/mol. The lowest BCUT2D eigenvalue weighted by atomic mass is 9.94. The van der Waals surface area contributed by atoms with Gasteiger partial charge >= 0.3 is 0 Å². The number of benzene rings is 2. The van der Waals surface area contributed by atoms with Crippen molar-refractivity contribution < 1.29 is 9.18 Å². The lowest BCUT2D eigenvalue weighted by molar-refractivity contribution is 0.0523. The molecule has 0 radical (unpaired) electrons. The van der Waals surface area contributed by atoms with Crippen molar-refractivity contribution in [2.45, 2.75) is 38.1 Å². The third-order valence-electron chi connectivity index (χ3n) is 7.40. The van der Waals surface area contributed by atoms with E-state index in [4.69, 9.17) is 0 Å². The fourth-order valence-electron chi connectivity index (χ4n) is 5.51. The summed E-state index contributed by atoms with van der Waals surface area (Å²) in [4.78, 5) is 34.7. The number of aromatic nitrogens is 4. The highest BCUT2D eigenvalue weighted by Gasteiger charge is 2.28. The lowest BCUT2D eigenvalue weighted by Gasteiger charge is -2.40. The maximum atomic E-state index is 13.8. The van der Waals surface area contributed by atoms with Crippen LogP contribution in [0.1, 0.15) is 42.5 Å². The van der Waals surface area contributed by atoms with E-state index in [1.807, 2.05) is 4.90 Å². The second kappa shape index (κ2) is 8.88. The van der Waals surface area contributed by atoms with Crippen LogP contribution >= 0.6 is 0 Å². The zero-order chi connectivity index (χ0) is 23.9. The van der Waals surface area contributed by atoms with Crippen LogP contribution in [0.15, 0.2) is 47.3 Å². The number of hydrogen-bond donors (Lipinski definition) is 1. The maximum Gasteiger partial charge on any atom is 0.281 e. The fourth-order valence-corrected chi connectivity index (χ4v) is 5.51. The third kappa shape index (κ3) is 3.99. The van der Waals surface area contributed by atoms with Gasteiger partial charge in [-0.3, -0.25) is 14.5 Å². The van der Waals surface area contributed by atoms with Crippen LogP contribution in [0.5, 0.6) is 0 Å². The van der Waals surface area contributed by atoms with Gasteiger partial charge in [0.05, 0.1) is 10.9 Å². The molecular weight excluding hydrogens is 447 g/mol. The molecule has 0 spiro atoms. The van der Waals surface area contributed by atoms with E-state index >= 15 is 0 Å². The van der Waals surface area contributed by atoms with Crippen LogP contribution in [0.4, 0.5) is 4.39 Å². The zero-order valence-electron chi connectivity index (χ0n) is 19.4. The maximum absolute atomic E-state index is 13.8. The normalized spacial score (nSPS) is 17.9. The van der Waals surface area contributed by atoms with E-state index in [1.54, 1.807) is 34.8 Å². The van der Waals surface area contributed by atoms with E-state index in [9.17, 15) is 14.0 Å². The molecule has 8 nitrogen and oxygen atoms in total. The number of fused-ring (bicyclic) bond motifs is 3. The molecule has 3 heterocycles. The van der Waals surface area contributed by atoms with Gasteiger partial charge in [-0.1, -0.05) is 31.4 Å². The third-order valence-corrected chi connectivity index (χ3v) is 7.40. The summed E-state index contributed by atoms with van der Waals surface area (Å²) in [6, 6.07) is 11.7. The van der Waals surface area contributed by atoms with Crippen molar-refractivity contribution in [3.05, 3.63) is 64.2 Å². The van der Waals surface area contributed by atoms with Crippen LogP contribution in [0.25, 0.3) is 27.8 Å². The second-order valence-corrected chi connectivity index (χ2v) is 9.50. The molecule has 0 bridgehead atoms. The van der Waals surface area contributed by atoms with E-state index in [1.165, 1.54) is 44.2 Å². The van der Waals surface area contributed by atoms with Crippen LogP contribution in [0.3, 0.4) is 0 Å². The molecule has 2 aromatic heterocycles. The first kappa shape index (κ1) is 21.9. The second-order valence-electron chi connectivity index (χ2n) is 9.50. The number of rotatable bonds is 3. The van der Waals surface area contributed by atoms with Crippen molar-refractivity contribution in [1.29, 1.82) is 0 Å². The standard InChI is InChI=1S/C26H27FN6O2/c27-19-6-4-5-17(15-19)23-24-28-25(34)21-10-9-18(16-22(21)33(24)30-29-23)26(35)32-13-11-31(12-14-32)20-7-2-1-3-8-20/h4-6,9-10,15-16,20,30H,1-3,7-8,11-14H2. The molecule has 180 valence electrons. The number of carbonyl (C=O) groups is 1. The number of nitrogens with one attached hydrogen (secondary N) is 1. The van der Waals surface area contributed by atoms with Gasteiger partial charge in [0.25, 0.3) is 11.5 Å². The van der Waals surface area contributed by atoms with Crippen LogP contribution in [-0.4, -0.2) is 67.7 Å². The highest BCUT2D eigenvalue weighted by atomic mass is 19.1. The molecule has 1 N–H and O–H groups in total. The van der Waals surface area contributed by atoms with Gasteiger partial charge in [-0.2, -0.15) is 10.1 Å². The summed E-state index contributed by atoms with van der Waals surface area (Å²) in [7, 11) is 0. The number of H-pyrrole nitrogens is 1. The molecule has 1 amide bonds. The molecule has 0 atom stereocenters. The van der Waals surface area contributed by atoms with Crippen LogP contribution in [0, 0.1) is 5.82 Å². The molecule has 1 saturated carbocycles. The highest BCUT2D eigenvalue weighted by molar-refractivity contribution is 5.98. The Bertz CT molecular complexity index is 1460. The SMILES string of the molecule is O=C(c1ccc2c(=O)nc3c(-c4cccc(F)c4)n[nH]n3c2c1)N1CCN(C2CCCCC2)CC1. The molecule has 1 aliphatic carbocycles. The molecular formula is C26H27FN6O2. The predicted octanol–water partition coefficient (Wildman–Crippen LogP) is 3.47. The number of aromatic amines is 1. The van der Waals surface area contributed by atoms with Crippen molar-refractivity contribution in [2.24, 2.45) is 0 Å². The lowest BCUT2D eigenvalue weighted by Crippen LogP contribution is -2.52. The van der Waals surface area contributed by atoms with E-state index in [-0.39, 0.29) is 5.91 Å². The minimum Gasteiger partial charge on any atom is -0.336 e. The number of piperazine rings is 1. The van der Waals surface area contributed by atoms with Crippen LogP contribution in [0.2, 0.25) is 0 Å². The van der Waals surface area contributed by atoms with Crippen molar-refractivity contribution >= 4 is 22.5 Å². The first-order valence-electron chi connectivity index (χ1n) is 12.3. The van der Waals surface area contributed by atoms with E-state index in [0.29, 0.717) is 52.5 Å². The number of nitrogens with zero attached hydrogens (tertiary/aromatic N) is 5. The Hall–Kier alpha value is -3.59. The average Bonchev–Trinajstić information content (AvgIpc) is 3.33. The highest BCUT2D eigenvalue weighted by Crippen LogP contribution is 2.25. The summed E-state index contributed by atoms with van der Waals surface area (Å²) in [5.41, 5.74) is 1.79. The minimum atomic E-state index is -0.417. The van der Waals surface area contributed by atoms with Crippen LogP contribution < -0.4 is 5.56 Å². The molecule has 0 unspecified atom stereocenters. The molecule has 2 aromatic carbocycles. The van der Waals surface area contributed by atoms with Gasteiger partial charge in [-0.25, -0.2) is 14.1 Å². The van der Waals surface area contributed by atoms with Crippen molar-refractivity contribution in [1.82, 2.24) is 29.6 Å². The Morgan fingerprint density at radius 3 is 2.57 bits per heavy atom. The Kier molecular flexibility index (Phi) is 5.56. The Morgan fingerprint density at radius 1 is 1.00 bits per heavy atom. The van der Waals surface area contributed by atoms with E-state index in [0.717, 1.165) is 13.1 Å². The van der Waals surface area contributed by atoms with Crippen molar-refractivity contribution in [3.63, 3.8) is 0 Å². The molecule has 2 aliphatic rings. The fraction of sp³-hybridized carbons (Fsp3) is 0.385. The largest absolute Gasteiger partial charge is 0.336 e. The zero-order valence-corrected chi connectivity index (χ0v) is 19.4. The van der Waals surface area contributed by atoms with Gasteiger partial charge < -0.3 is 4.90 Å². The summed E-state index contributed by atoms with van der Waals surface area (Å²) in [6.07, 6.45) is 6.47. The van der Waals surface area contributed by atoms with Gasteiger partial charge in [-0.05, 0) is 43.2 Å². The summed E-state index contributed by atoms with van der Waals surface area (Å²) < 4.78 is 15.3. The number of amides is 1. The van der Waals surface area contributed by atoms with Gasteiger partial charge in [0, 0.05) is 43.3 Å². The van der Waals surface area contributed by atoms with Gasteiger partial charge in [0.2, 0.25) is 0 Å². The summed E-state index contributed by atoms with van der Waals surface area (Å²) in [5.74, 6) is -0.443. The number of halogens is 1. The Balaban J connectivity index is 1.30. The Morgan fingerprint density at radius 2 is 1.80 bits per heavy atom. The molecule has 35 heavy (non-hydrogen) atoms. The minimum absolute atomic E-state index is 0.0434. The molecule has 1 saturated heterocycles. The van der Waals surface area contributed by atoms with E-state index < -0.39 is 11.4 Å². The van der Waals surface area contributed by atoms with Gasteiger partial charge in [0.1, 0.15) is 11.5 Å². The molecule has 6 rings (SSSR count). The van der Waals surface area contributed by atoms with Gasteiger partial charge in [-0.15, -0.1) is 0 Å². The summed E-state index contributed by atoms with van der Waals surface area (Å²) in [5, 5.41) is 7.54. The van der Waals surface area contributed by atoms with Gasteiger partial charge in [0.15, 0.2) is 5.65 Å². The Labute approximate surface area is 201 Å². The smallest absolute Gasteiger partial charge is 0.281 e. The number of carbonyl (C=O) groups excluding carboxylic acids is 1. The van der Waals surface area contributed by atoms with Crippen molar-refractivity contribution in [3.8, 4) is 11.3 Å². The first-order valence-corrected chi connectivity index (χ1v) is 12.3. The topological polar surface area (TPSA) is 86.6 Å². The average molecular weight is 475 g/mol. The number of hydrogen-bond acceptors (Lipinski definition) is 5. The molecule has 2 fully saturated rings. The molecule has 4 aromatic rings. The van der Waals surface area contributed by atoms with Crippen LogP contribution in [-0.2, 0) is 0 Å². The van der Waals surface area contributed by atoms with Crippen molar-refractivity contribution in [2.75, 3.05) is 26.2 Å². The quantitative estimate of drug-likeness (QED) is 0.491. The first-order chi connectivity index (χ1) is 17.1. The molecule has 9 heteroatoms. The summed E-state index contributed by atoms with van der Waals surface area (Å²) >= 11 is 0. The predicted molar refractivity (Wildman–Crippen MR) is 131 cm³/mol. The summed E-state index contributed by atoms with van der Waals surface area (Å²) in [6.45, 7) is 3.20.